The summed E-state index contributed by atoms with van der Waals surface area (Å²) in [5.41, 5.74) is 18.2. The van der Waals surface area contributed by atoms with Gasteiger partial charge in [-0.1, -0.05) is 191 Å². The van der Waals surface area contributed by atoms with Crippen LogP contribution in [0.3, 0.4) is 0 Å². The van der Waals surface area contributed by atoms with E-state index in [0.717, 1.165) is 0 Å². The summed E-state index contributed by atoms with van der Waals surface area (Å²) in [7, 11) is 0. The Morgan fingerprint density at radius 3 is 0.848 bits per heavy atom. The summed E-state index contributed by atoms with van der Waals surface area (Å²) in [5, 5.41) is 15.9. The third kappa shape index (κ3) is 5.16. The second-order valence-corrected chi connectivity index (χ2v) is 20.0. The van der Waals surface area contributed by atoms with E-state index in [0.29, 0.717) is 0 Å². The lowest BCUT2D eigenvalue weighted by Crippen LogP contribution is -2.15. The molecular formula is C66H46. The van der Waals surface area contributed by atoms with Crippen LogP contribution in [0.25, 0.3) is 120 Å². The first kappa shape index (κ1) is 37.6. The van der Waals surface area contributed by atoms with Gasteiger partial charge in [0.25, 0.3) is 0 Å². The van der Waals surface area contributed by atoms with Gasteiger partial charge in [0.1, 0.15) is 0 Å². The predicted octanol–water partition coefficient (Wildman–Crippen LogP) is 18.2. The molecule has 0 bridgehead atoms. The Morgan fingerprint density at radius 1 is 0.197 bits per heavy atom. The van der Waals surface area contributed by atoms with Crippen LogP contribution in [0.4, 0.5) is 0 Å². The second kappa shape index (κ2) is 13.4. The molecule has 310 valence electrons. The molecule has 0 atom stereocenters. The Kier molecular flexibility index (Phi) is 7.61. The first-order chi connectivity index (χ1) is 32.2. The largest absolute Gasteiger partial charge is 0.0616 e. The fourth-order valence-corrected chi connectivity index (χ4v) is 12.4. The minimum absolute atomic E-state index is 0.130. The van der Waals surface area contributed by atoms with Gasteiger partial charge in [0.05, 0.1) is 0 Å². The number of benzene rings is 12. The zero-order valence-electron chi connectivity index (χ0n) is 37.6. The van der Waals surface area contributed by atoms with Crippen molar-refractivity contribution in [1.82, 2.24) is 0 Å². The van der Waals surface area contributed by atoms with Crippen LogP contribution in [0.2, 0.25) is 0 Å². The van der Waals surface area contributed by atoms with E-state index in [1.54, 1.807) is 0 Å². The van der Waals surface area contributed by atoms with E-state index >= 15 is 0 Å². The van der Waals surface area contributed by atoms with Gasteiger partial charge in [-0.3, -0.25) is 0 Å². The van der Waals surface area contributed by atoms with Gasteiger partial charge in [-0.05, 0) is 185 Å². The van der Waals surface area contributed by atoms with Crippen LogP contribution in [0.15, 0.2) is 206 Å². The molecule has 0 N–H and O–H groups in total. The second-order valence-electron chi connectivity index (χ2n) is 20.0. The van der Waals surface area contributed by atoms with Crippen LogP contribution >= 0.6 is 0 Å². The minimum atomic E-state index is -0.136. The molecule has 66 heavy (non-hydrogen) atoms. The molecule has 0 aromatic heterocycles. The van der Waals surface area contributed by atoms with E-state index in [1.807, 2.05) is 0 Å². The standard InChI is InChI=1S/C66H46/c1-65(2)61-33-43(28-30-53(61)59-35-55-49-20-9-5-16-45(49)47-18-7-11-22-51(47)57(55)37-63(59)65)40-26-24-39(25-27-40)41-14-13-15-42(32-41)44-29-31-54-60-36-56-50-21-10-6-17-46(50)48-19-8-12-23-52(48)58(56)38-64(60)66(3,4)62(54)34-44/h5-38H,1-4H3. The number of rotatable bonds is 3. The van der Waals surface area contributed by atoms with Crippen molar-refractivity contribution in [3.8, 4) is 55.6 Å². The van der Waals surface area contributed by atoms with E-state index < -0.39 is 0 Å². The smallest absolute Gasteiger partial charge is 0.0159 e. The highest BCUT2D eigenvalue weighted by molar-refractivity contribution is 6.27. The van der Waals surface area contributed by atoms with Gasteiger partial charge in [0, 0.05) is 10.8 Å². The Bertz CT molecular complexity index is 4080. The van der Waals surface area contributed by atoms with E-state index in [1.165, 1.54) is 143 Å². The fraction of sp³-hybridized carbons (Fsp3) is 0.0909. The Labute approximate surface area is 385 Å². The maximum absolute atomic E-state index is 2.50. The van der Waals surface area contributed by atoms with Crippen molar-refractivity contribution in [3.63, 3.8) is 0 Å². The highest BCUT2D eigenvalue weighted by Crippen LogP contribution is 2.54. The molecule has 12 aromatic carbocycles. The minimum Gasteiger partial charge on any atom is -0.0616 e. The zero-order valence-corrected chi connectivity index (χ0v) is 37.6. The fourth-order valence-electron chi connectivity index (χ4n) is 12.4. The summed E-state index contributed by atoms with van der Waals surface area (Å²) < 4.78 is 0. The summed E-state index contributed by atoms with van der Waals surface area (Å²) in [6.07, 6.45) is 0. The molecule has 12 aromatic rings. The quantitative estimate of drug-likeness (QED) is 0.156. The molecule has 2 aliphatic carbocycles. The average molecular weight is 839 g/mol. The molecular weight excluding hydrogens is 793 g/mol. The Balaban J connectivity index is 0.796. The van der Waals surface area contributed by atoms with Gasteiger partial charge in [0.2, 0.25) is 0 Å². The molecule has 0 heterocycles. The molecule has 0 saturated carbocycles. The van der Waals surface area contributed by atoms with E-state index in [4.69, 9.17) is 0 Å². The molecule has 0 aliphatic heterocycles. The highest BCUT2D eigenvalue weighted by Gasteiger charge is 2.38. The molecule has 0 fully saturated rings. The summed E-state index contributed by atoms with van der Waals surface area (Å²) >= 11 is 0. The van der Waals surface area contributed by atoms with Gasteiger partial charge in [-0.2, -0.15) is 0 Å². The van der Waals surface area contributed by atoms with Gasteiger partial charge in [0.15, 0.2) is 0 Å². The normalized spacial score (nSPS) is 14.3. The molecule has 0 heteroatoms. The SMILES string of the molecule is CC1(C)c2cc(-c3ccc(-c4cccc(-c5ccc6c(c5)C(C)(C)c5cc7c8ccccc8c8ccccc8c7cc5-6)c4)cc3)ccc2-c2cc3c4ccccc4c4ccccc4c3cc21. The van der Waals surface area contributed by atoms with Gasteiger partial charge < -0.3 is 0 Å². The van der Waals surface area contributed by atoms with Crippen molar-refractivity contribution in [1.29, 1.82) is 0 Å². The van der Waals surface area contributed by atoms with Crippen molar-refractivity contribution in [2.24, 2.45) is 0 Å². The topological polar surface area (TPSA) is 0 Å². The summed E-state index contributed by atoms with van der Waals surface area (Å²) in [6.45, 7) is 9.61. The van der Waals surface area contributed by atoms with Crippen molar-refractivity contribution < 1.29 is 0 Å². The van der Waals surface area contributed by atoms with Crippen LogP contribution < -0.4 is 0 Å². The Morgan fingerprint density at radius 2 is 0.470 bits per heavy atom. The number of hydrogen-bond acceptors (Lipinski definition) is 0. The highest BCUT2D eigenvalue weighted by atomic mass is 14.4. The maximum Gasteiger partial charge on any atom is 0.0159 e. The number of fused-ring (bicyclic) bond motifs is 18. The molecule has 0 saturated heterocycles. The molecule has 0 unspecified atom stereocenters. The first-order valence-corrected chi connectivity index (χ1v) is 23.5. The van der Waals surface area contributed by atoms with Crippen molar-refractivity contribution in [2.45, 2.75) is 38.5 Å². The molecule has 0 amide bonds. The molecule has 2 aliphatic rings. The Hall–Kier alpha value is -7.80. The number of hydrogen-bond donors (Lipinski definition) is 0. The van der Waals surface area contributed by atoms with Gasteiger partial charge >= 0.3 is 0 Å². The molecule has 0 radical (unpaired) electrons. The zero-order chi connectivity index (χ0) is 44.1. The first-order valence-electron chi connectivity index (χ1n) is 23.5. The van der Waals surface area contributed by atoms with E-state index in [2.05, 4.69) is 234 Å². The van der Waals surface area contributed by atoms with Crippen molar-refractivity contribution in [2.75, 3.05) is 0 Å². The van der Waals surface area contributed by atoms with E-state index in [-0.39, 0.29) is 10.8 Å². The lowest BCUT2D eigenvalue weighted by Gasteiger charge is -2.23. The van der Waals surface area contributed by atoms with Crippen molar-refractivity contribution in [3.05, 3.63) is 229 Å². The third-order valence-electron chi connectivity index (χ3n) is 15.8. The monoisotopic (exact) mass is 838 g/mol. The summed E-state index contributed by atoms with van der Waals surface area (Å²) in [5.74, 6) is 0. The molecule has 14 rings (SSSR count). The molecule has 0 spiro atoms. The van der Waals surface area contributed by atoms with Crippen LogP contribution in [-0.2, 0) is 10.8 Å². The van der Waals surface area contributed by atoms with E-state index in [9.17, 15) is 0 Å². The van der Waals surface area contributed by atoms with Gasteiger partial charge in [-0.25, -0.2) is 0 Å². The summed E-state index contributed by atoms with van der Waals surface area (Å²) in [4.78, 5) is 0. The lowest BCUT2D eigenvalue weighted by atomic mass is 9.80. The molecule has 0 nitrogen and oxygen atoms in total. The van der Waals surface area contributed by atoms with Crippen LogP contribution in [-0.4, -0.2) is 0 Å². The predicted molar refractivity (Wildman–Crippen MR) is 283 cm³/mol. The maximum atomic E-state index is 2.50. The van der Waals surface area contributed by atoms with Crippen LogP contribution in [0, 0.1) is 0 Å². The van der Waals surface area contributed by atoms with Crippen LogP contribution in [0.5, 0.6) is 0 Å². The summed E-state index contributed by atoms with van der Waals surface area (Å²) in [6, 6.07) is 78.1. The van der Waals surface area contributed by atoms with Crippen LogP contribution in [0.1, 0.15) is 49.9 Å². The van der Waals surface area contributed by atoms with Gasteiger partial charge in [-0.15, -0.1) is 0 Å². The average Bonchev–Trinajstić information content (AvgIpc) is 3.73. The lowest BCUT2D eigenvalue weighted by molar-refractivity contribution is 0.661. The van der Waals surface area contributed by atoms with Crippen molar-refractivity contribution >= 4 is 64.6 Å². The third-order valence-corrected chi connectivity index (χ3v) is 15.8.